The smallest absolute Gasteiger partial charge is 0.101 e. The fourth-order valence-electron chi connectivity index (χ4n) is 1.67. The molecule has 0 aliphatic carbocycles. The number of aryl methyl sites for hydroxylation is 1. The Labute approximate surface area is 106 Å². The standard InChI is InChI=1S/C13H15ClN2O/c1-2-16-8-12(15-9-16)13(17)7-10-3-5-11(14)6-4-10/h3-6,8-9,13,17H,2,7H2,1H3. The molecular weight excluding hydrogens is 236 g/mol. The van der Waals surface area contributed by atoms with E-state index in [0.717, 1.165) is 12.1 Å². The molecule has 1 heterocycles. The van der Waals surface area contributed by atoms with E-state index in [4.69, 9.17) is 11.6 Å². The molecule has 1 N–H and O–H groups in total. The van der Waals surface area contributed by atoms with Gasteiger partial charge in [0.05, 0.1) is 12.0 Å². The molecule has 4 heteroatoms. The van der Waals surface area contributed by atoms with Gasteiger partial charge in [0.2, 0.25) is 0 Å². The normalized spacial score (nSPS) is 12.6. The van der Waals surface area contributed by atoms with Crippen molar-refractivity contribution < 1.29 is 5.11 Å². The Kier molecular flexibility index (Phi) is 3.82. The van der Waals surface area contributed by atoms with Crippen LogP contribution < -0.4 is 0 Å². The Hall–Kier alpha value is -1.32. The minimum atomic E-state index is -0.566. The first-order chi connectivity index (χ1) is 8.19. The number of halogens is 1. The molecular formula is C13H15ClN2O. The molecule has 0 fully saturated rings. The number of benzene rings is 1. The summed E-state index contributed by atoms with van der Waals surface area (Å²) in [5.74, 6) is 0. The second-order valence-corrected chi connectivity index (χ2v) is 4.41. The van der Waals surface area contributed by atoms with E-state index in [0.29, 0.717) is 17.1 Å². The van der Waals surface area contributed by atoms with E-state index < -0.39 is 6.10 Å². The zero-order valence-electron chi connectivity index (χ0n) is 9.68. The van der Waals surface area contributed by atoms with E-state index in [1.165, 1.54) is 0 Å². The van der Waals surface area contributed by atoms with Crippen LogP contribution in [0.15, 0.2) is 36.8 Å². The van der Waals surface area contributed by atoms with Crippen LogP contribution in [0.2, 0.25) is 5.02 Å². The Morgan fingerprint density at radius 2 is 2.06 bits per heavy atom. The molecule has 1 unspecified atom stereocenters. The van der Waals surface area contributed by atoms with Crippen LogP contribution in [-0.2, 0) is 13.0 Å². The fraction of sp³-hybridized carbons (Fsp3) is 0.308. The Bertz CT molecular complexity index is 478. The van der Waals surface area contributed by atoms with Gasteiger partial charge in [-0.2, -0.15) is 0 Å². The lowest BCUT2D eigenvalue weighted by atomic mass is 10.1. The van der Waals surface area contributed by atoms with Gasteiger partial charge in [-0.3, -0.25) is 0 Å². The second kappa shape index (κ2) is 5.34. The number of aliphatic hydroxyl groups is 1. The summed E-state index contributed by atoms with van der Waals surface area (Å²) in [5.41, 5.74) is 1.76. The third-order valence-corrected chi connectivity index (χ3v) is 2.95. The molecule has 0 radical (unpaired) electrons. The quantitative estimate of drug-likeness (QED) is 0.906. The summed E-state index contributed by atoms with van der Waals surface area (Å²) < 4.78 is 1.94. The highest BCUT2D eigenvalue weighted by atomic mass is 35.5. The fourth-order valence-corrected chi connectivity index (χ4v) is 1.80. The molecule has 0 aliphatic rings. The number of nitrogens with zero attached hydrogens (tertiary/aromatic N) is 2. The topological polar surface area (TPSA) is 38.0 Å². The van der Waals surface area contributed by atoms with Gasteiger partial charge in [-0.25, -0.2) is 4.98 Å². The molecule has 0 saturated carbocycles. The van der Waals surface area contributed by atoms with Crippen LogP contribution in [0.3, 0.4) is 0 Å². The van der Waals surface area contributed by atoms with Crippen molar-refractivity contribution in [1.82, 2.24) is 9.55 Å². The average Bonchev–Trinajstić information content (AvgIpc) is 2.81. The van der Waals surface area contributed by atoms with Crippen LogP contribution in [0.25, 0.3) is 0 Å². The monoisotopic (exact) mass is 250 g/mol. The summed E-state index contributed by atoms with van der Waals surface area (Å²) in [5, 5.41) is 10.8. The van der Waals surface area contributed by atoms with E-state index in [2.05, 4.69) is 4.98 Å². The SMILES string of the molecule is CCn1cnc(C(O)Cc2ccc(Cl)cc2)c1. The van der Waals surface area contributed by atoms with Gasteiger partial charge in [-0.05, 0) is 24.6 Å². The van der Waals surface area contributed by atoms with Gasteiger partial charge in [-0.15, -0.1) is 0 Å². The highest BCUT2D eigenvalue weighted by molar-refractivity contribution is 6.30. The van der Waals surface area contributed by atoms with Crippen molar-refractivity contribution >= 4 is 11.6 Å². The lowest BCUT2D eigenvalue weighted by Crippen LogP contribution is -2.02. The zero-order chi connectivity index (χ0) is 12.3. The third-order valence-electron chi connectivity index (χ3n) is 2.70. The van der Waals surface area contributed by atoms with Crippen LogP contribution in [0.5, 0.6) is 0 Å². The number of rotatable bonds is 4. The van der Waals surface area contributed by atoms with Crippen LogP contribution in [0.4, 0.5) is 0 Å². The zero-order valence-corrected chi connectivity index (χ0v) is 10.4. The number of aliphatic hydroxyl groups excluding tert-OH is 1. The molecule has 90 valence electrons. The third kappa shape index (κ3) is 3.08. The van der Waals surface area contributed by atoms with Gasteiger partial charge in [0.15, 0.2) is 0 Å². The molecule has 1 atom stereocenters. The molecule has 0 saturated heterocycles. The summed E-state index contributed by atoms with van der Waals surface area (Å²) in [7, 11) is 0. The maximum Gasteiger partial charge on any atom is 0.101 e. The average molecular weight is 251 g/mol. The number of hydrogen-bond acceptors (Lipinski definition) is 2. The molecule has 17 heavy (non-hydrogen) atoms. The molecule has 0 bridgehead atoms. The Morgan fingerprint density at radius 3 is 2.65 bits per heavy atom. The van der Waals surface area contributed by atoms with Gasteiger partial charge in [0.1, 0.15) is 6.10 Å². The lowest BCUT2D eigenvalue weighted by Gasteiger charge is -2.07. The summed E-state index contributed by atoms with van der Waals surface area (Å²) in [4.78, 5) is 4.19. The molecule has 1 aromatic heterocycles. The van der Waals surface area contributed by atoms with Crippen LogP contribution in [0.1, 0.15) is 24.3 Å². The van der Waals surface area contributed by atoms with E-state index in [9.17, 15) is 5.11 Å². The summed E-state index contributed by atoms with van der Waals surface area (Å²) in [6.07, 6.45) is 3.60. The van der Waals surface area contributed by atoms with Crippen molar-refractivity contribution in [1.29, 1.82) is 0 Å². The van der Waals surface area contributed by atoms with Crippen molar-refractivity contribution in [2.75, 3.05) is 0 Å². The second-order valence-electron chi connectivity index (χ2n) is 3.98. The van der Waals surface area contributed by atoms with Gasteiger partial charge < -0.3 is 9.67 Å². The maximum atomic E-state index is 10.0. The maximum absolute atomic E-state index is 10.0. The van der Waals surface area contributed by atoms with E-state index in [1.807, 2.05) is 42.0 Å². The van der Waals surface area contributed by atoms with Crippen LogP contribution in [-0.4, -0.2) is 14.7 Å². The first-order valence-electron chi connectivity index (χ1n) is 5.63. The van der Waals surface area contributed by atoms with Crippen molar-refractivity contribution in [3.05, 3.63) is 53.1 Å². The minimum absolute atomic E-state index is 0.553. The molecule has 0 aliphatic heterocycles. The van der Waals surface area contributed by atoms with Gasteiger partial charge in [0.25, 0.3) is 0 Å². The van der Waals surface area contributed by atoms with E-state index in [1.54, 1.807) is 6.33 Å². The summed E-state index contributed by atoms with van der Waals surface area (Å²) >= 11 is 5.81. The number of imidazole rings is 1. The van der Waals surface area contributed by atoms with Gasteiger partial charge in [-0.1, -0.05) is 23.7 Å². The Balaban J connectivity index is 2.05. The number of aromatic nitrogens is 2. The van der Waals surface area contributed by atoms with Crippen molar-refractivity contribution in [2.45, 2.75) is 26.0 Å². The van der Waals surface area contributed by atoms with Crippen LogP contribution >= 0.6 is 11.6 Å². The van der Waals surface area contributed by atoms with Crippen molar-refractivity contribution in [3.8, 4) is 0 Å². The summed E-state index contributed by atoms with van der Waals surface area (Å²) in [6, 6.07) is 7.49. The molecule has 3 nitrogen and oxygen atoms in total. The van der Waals surface area contributed by atoms with Crippen molar-refractivity contribution in [3.63, 3.8) is 0 Å². The first kappa shape index (κ1) is 12.1. The minimum Gasteiger partial charge on any atom is -0.386 e. The molecule has 1 aromatic carbocycles. The largest absolute Gasteiger partial charge is 0.386 e. The van der Waals surface area contributed by atoms with E-state index >= 15 is 0 Å². The highest BCUT2D eigenvalue weighted by Gasteiger charge is 2.11. The molecule has 2 aromatic rings. The van der Waals surface area contributed by atoms with Crippen LogP contribution in [0, 0.1) is 0 Å². The van der Waals surface area contributed by atoms with E-state index in [-0.39, 0.29) is 0 Å². The molecule has 0 spiro atoms. The molecule has 2 rings (SSSR count). The molecule has 0 amide bonds. The van der Waals surface area contributed by atoms with Gasteiger partial charge >= 0.3 is 0 Å². The Morgan fingerprint density at radius 1 is 1.35 bits per heavy atom. The summed E-state index contributed by atoms with van der Waals surface area (Å²) in [6.45, 7) is 2.90. The highest BCUT2D eigenvalue weighted by Crippen LogP contribution is 2.18. The predicted octanol–water partition coefficient (Wildman–Crippen LogP) is 2.83. The predicted molar refractivity (Wildman–Crippen MR) is 68.0 cm³/mol. The van der Waals surface area contributed by atoms with Gasteiger partial charge in [0, 0.05) is 24.2 Å². The number of hydrogen-bond donors (Lipinski definition) is 1. The first-order valence-corrected chi connectivity index (χ1v) is 6.01. The lowest BCUT2D eigenvalue weighted by molar-refractivity contribution is 0.174. The van der Waals surface area contributed by atoms with Crippen molar-refractivity contribution in [2.24, 2.45) is 0 Å².